The molecule has 1 aromatic carbocycles. The lowest BCUT2D eigenvalue weighted by Crippen LogP contribution is -2.59. The Morgan fingerprint density at radius 1 is 1.20 bits per heavy atom. The van der Waals surface area contributed by atoms with Crippen LogP contribution in [0.4, 0.5) is 5.69 Å². The average molecular weight is 274 g/mol. The van der Waals surface area contributed by atoms with Crippen LogP contribution in [0.5, 0.6) is 5.75 Å². The summed E-state index contributed by atoms with van der Waals surface area (Å²) in [5, 5.41) is 0. The van der Waals surface area contributed by atoms with Crippen LogP contribution in [-0.2, 0) is 0 Å². The zero-order valence-electron chi connectivity index (χ0n) is 12.7. The van der Waals surface area contributed by atoms with Gasteiger partial charge >= 0.3 is 0 Å². The molecule has 0 amide bonds. The minimum atomic E-state index is 0.612. The summed E-state index contributed by atoms with van der Waals surface area (Å²) in [6.45, 7) is 5.95. The Hall–Kier alpha value is -1.22. The highest BCUT2D eigenvalue weighted by Gasteiger charge is 2.35. The van der Waals surface area contributed by atoms with Crippen LogP contribution in [0, 0.1) is 0 Å². The molecule has 2 atom stereocenters. The van der Waals surface area contributed by atoms with Gasteiger partial charge in [0.1, 0.15) is 5.75 Å². The van der Waals surface area contributed by atoms with E-state index in [1.54, 1.807) is 7.11 Å². The Balaban J connectivity index is 1.86. The van der Waals surface area contributed by atoms with Crippen LogP contribution in [0.3, 0.4) is 0 Å². The summed E-state index contributed by atoms with van der Waals surface area (Å²) in [6.07, 6.45) is 5.31. The second-order valence-corrected chi connectivity index (χ2v) is 6.03. The molecule has 3 nitrogen and oxygen atoms in total. The fraction of sp³-hybridized carbons (Fsp3) is 0.647. The number of ether oxygens (including phenoxy) is 1. The SMILES string of the molecule is CCC1CN2CCCCC2CN1c1ccccc1OC. The molecule has 0 spiro atoms. The molecule has 1 aromatic rings. The molecule has 2 heterocycles. The van der Waals surface area contributed by atoms with E-state index >= 15 is 0 Å². The third-order valence-corrected chi connectivity index (χ3v) is 4.91. The van der Waals surface area contributed by atoms with E-state index in [4.69, 9.17) is 4.74 Å². The van der Waals surface area contributed by atoms with Crippen LogP contribution < -0.4 is 9.64 Å². The van der Waals surface area contributed by atoms with E-state index in [0.29, 0.717) is 6.04 Å². The molecule has 0 aliphatic carbocycles. The molecule has 2 fully saturated rings. The molecule has 0 N–H and O–H groups in total. The van der Waals surface area contributed by atoms with Gasteiger partial charge in [0, 0.05) is 25.2 Å². The van der Waals surface area contributed by atoms with Gasteiger partial charge < -0.3 is 9.64 Å². The van der Waals surface area contributed by atoms with Crippen molar-refractivity contribution in [1.29, 1.82) is 0 Å². The first-order valence-electron chi connectivity index (χ1n) is 7.97. The number of fused-ring (bicyclic) bond motifs is 1. The van der Waals surface area contributed by atoms with E-state index in [9.17, 15) is 0 Å². The van der Waals surface area contributed by atoms with Crippen molar-refractivity contribution in [1.82, 2.24) is 4.90 Å². The van der Waals surface area contributed by atoms with Gasteiger partial charge in [-0.2, -0.15) is 0 Å². The summed E-state index contributed by atoms with van der Waals surface area (Å²) in [5.74, 6) is 1.01. The Bertz CT molecular complexity index is 448. The Labute approximate surface area is 122 Å². The van der Waals surface area contributed by atoms with E-state index in [-0.39, 0.29) is 0 Å². The van der Waals surface area contributed by atoms with E-state index in [1.165, 1.54) is 44.5 Å². The van der Waals surface area contributed by atoms with Crippen molar-refractivity contribution in [2.75, 3.05) is 31.6 Å². The van der Waals surface area contributed by atoms with Crippen molar-refractivity contribution < 1.29 is 4.74 Å². The lowest BCUT2D eigenvalue weighted by Gasteiger charge is -2.49. The minimum absolute atomic E-state index is 0.612. The molecule has 20 heavy (non-hydrogen) atoms. The largest absolute Gasteiger partial charge is 0.495 e. The Morgan fingerprint density at radius 3 is 2.85 bits per heavy atom. The monoisotopic (exact) mass is 274 g/mol. The van der Waals surface area contributed by atoms with Gasteiger partial charge in [0.15, 0.2) is 0 Å². The number of benzene rings is 1. The molecule has 110 valence electrons. The summed E-state index contributed by atoms with van der Waals surface area (Å²) in [6, 6.07) is 9.81. The molecule has 3 heteroatoms. The van der Waals surface area contributed by atoms with Gasteiger partial charge in [0.05, 0.1) is 12.8 Å². The number of methoxy groups -OCH3 is 1. The van der Waals surface area contributed by atoms with Gasteiger partial charge in [-0.05, 0) is 37.9 Å². The molecule has 0 saturated carbocycles. The molecule has 2 aliphatic rings. The number of hydrogen-bond acceptors (Lipinski definition) is 3. The highest BCUT2D eigenvalue weighted by atomic mass is 16.5. The number of hydrogen-bond donors (Lipinski definition) is 0. The molecular formula is C17H26N2O. The zero-order chi connectivity index (χ0) is 13.9. The third kappa shape index (κ3) is 2.51. The van der Waals surface area contributed by atoms with Gasteiger partial charge in [-0.25, -0.2) is 0 Å². The fourth-order valence-corrected chi connectivity index (χ4v) is 3.76. The van der Waals surface area contributed by atoms with Gasteiger partial charge in [-0.1, -0.05) is 25.5 Å². The van der Waals surface area contributed by atoms with Crippen LogP contribution >= 0.6 is 0 Å². The van der Waals surface area contributed by atoms with Crippen molar-refractivity contribution in [3.8, 4) is 5.75 Å². The minimum Gasteiger partial charge on any atom is -0.495 e. The van der Waals surface area contributed by atoms with Crippen molar-refractivity contribution in [3.63, 3.8) is 0 Å². The van der Waals surface area contributed by atoms with E-state index < -0.39 is 0 Å². The molecule has 0 aromatic heterocycles. The van der Waals surface area contributed by atoms with Gasteiger partial charge in [-0.15, -0.1) is 0 Å². The maximum Gasteiger partial charge on any atom is 0.142 e. The number of nitrogens with zero attached hydrogens (tertiary/aromatic N) is 2. The Morgan fingerprint density at radius 2 is 2.05 bits per heavy atom. The zero-order valence-corrected chi connectivity index (χ0v) is 12.7. The summed E-state index contributed by atoms with van der Waals surface area (Å²) in [5.41, 5.74) is 1.27. The molecule has 3 rings (SSSR count). The standard InChI is InChI=1S/C17H26N2O/c1-3-14-12-18-11-7-6-8-15(18)13-19(14)16-9-4-5-10-17(16)20-2/h4-5,9-10,14-15H,3,6-8,11-13H2,1-2H3. The normalized spacial score (nSPS) is 27.2. The number of anilines is 1. The molecule has 2 saturated heterocycles. The molecule has 2 unspecified atom stereocenters. The van der Waals surface area contributed by atoms with Crippen LogP contribution in [-0.4, -0.2) is 43.7 Å². The second kappa shape index (κ2) is 6.04. The van der Waals surface area contributed by atoms with E-state index in [0.717, 1.165) is 18.3 Å². The van der Waals surface area contributed by atoms with E-state index in [1.807, 2.05) is 0 Å². The molecule has 0 radical (unpaired) electrons. The van der Waals surface area contributed by atoms with Crippen molar-refractivity contribution in [2.24, 2.45) is 0 Å². The van der Waals surface area contributed by atoms with Crippen LogP contribution in [0.1, 0.15) is 32.6 Å². The van der Waals surface area contributed by atoms with E-state index in [2.05, 4.69) is 41.0 Å². The molecular weight excluding hydrogens is 248 g/mol. The van der Waals surface area contributed by atoms with Gasteiger partial charge in [0.2, 0.25) is 0 Å². The molecule has 2 aliphatic heterocycles. The average Bonchev–Trinajstić information content (AvgIpc) is 2.53. The lowest BCUT2D eigenvalue weighted by atomic mass is 9.95. The highest BCUT2D eigenvalue weighted by molar-refractivity contribution is 5.59. The molecule has 0 bridgehead atoms. The van der Waals surface area contributed by atoms with Crippen LogP contribution in [0.25, 0.3) is 0 Å². The van der Waals surface area contributed by atoms with Gasteiger partial charge in [0.25, 0.3) is 0 Å². The highest BCUT2D eigenvalue weighted by Crippen LogP contribution is 2.34. The number of rotatable bonds is 3. The predicted octanol–water partition coefficient (Wildman–Crippen LogP) is 3.15. The summed E-state index contributed by atoms with van der Waals surface area (Å²) < 4.78 is 5.57. The van der Waals surface area contributed by atoms with Crippen molar-refractivity contribution in [2.45, 2.75) is 44.7 Å². The number of piperazine rings is 1. The summed E-state index contributed by atoms with van der Waals surface area (Å²) in [7, 11) is 1.77. The van der Waals surface area contributed by atoms with Crippen LogP contribution in [0.15, 0.2) is 24.3 Å². The maximum absolute atomic E-state index is 5.57. The summed E-state index contributed by atoms with van der Waals surface area (Å²) >= 11 is 0. The third-order valence-electron chi connectivity index (χ3n) is 4.91. The maximum atomic E-state index is 5.57. The quantitative estimate of drug-likeness (QED) is 0.842. The van der Waals surface area contributed by atoms with Crippen molar-refractivity contribution >= 4 is 5.69 Å². The smallest absolute Gasteiger partial charge is 0.142 e. The van der Waals surface area contributed by atoms with Gasteiger partial charge in [-0.3, -0.25) is 4.90 Å². The van der Waals surface area contributed by atoms with Crippen LogP contribution in [0.2, 0.25) is 0 Å². The topological polar surface area (TPSA) is 15.7 Å². The summed E-state index contributed by atoms with van der Waals surface area (Å²) in [4.78, 5) is 5.30. The number of para-hydroxylation sites is 2. The first-order valence-corrected chi connectivity index (χ1v) is 7.97. The first-order chi connectivity index (χ1) is 9.83. The Kier molecular flexibility index (Phi) is 4.16. The number of piperidine rings is 1. The fourth-order valence-electron chi connectivity index (χ4n) is 3.76. The second-order valence-electron chi connectivity index (χ2n) is 6.03. The lowest BCUT2D eigenvalue weighted by molar-refractivity contribution is 0.110. The van der Waals surface area contributed by atoms with Crippen molar-refractivity contribution in [3.05, 3.63) is 24.3 Å². The first kappa shape index (κ1) is 13.7. The predicted molar refractivity (Wildman–Crippen MR) is 83.6 cm³/mol.